The van der Waals surface area contributed by atoms with Crippen molar-refractivity contribution in [2.75, 3.05) is 18.9 Å². The molecule has 0 spiro atoms. The van der Waals surface area contributed by atoms with Crippen LogP contribution in [0.2, 0.25) is 0 Å². The molecule has 0 saturated heterocycles. The largest absolute Gasteiger partial charge is 0.320 e. The van der Waals surface area contributed by atoms with Gasteiger partial charge >= 0.3 is 0 Å². The van der Waals surface area contributed by atoms with Crippen LogP contribution in [0, 0.1) is 0 Å². The van der Waals surface area contributed by atoms with Gasteiger partial charge in [0.25, 0.3) is 5.95 Å². The summed E-state index contributed by atoms with van der Waals surface area (Å²) in [6, 6.07) is 3.61. The quantitative estimate of drug-likeness (QED) is 0.755. The lowest BCUT2D eigenvalue weighted by Gasteiger charge is -2.07. The van der Waals surface area contributed by atoms with Crippen molar-refractivity contribution in [3.05, 3.63) is 30.2 Å². The molecule has 2 heterocycles. The SMILES string of the molecule is CNCCCC(=O)Nc1cc(C(C)C)nn1-c1ncccn1.Cl. The van der Waals surface area contributed by atoms with E-state index in [-0.39, 0.29) is 24.2 Å². The number of aromatic nitrogens is 4. The molecule has 0 radical (unpaired) electrons. The molecule has 2 N–H and O–H groups in total. The maximum absolute atomic E-state index is 12.0. The average molecular weight is 339 g/mol. The topological polar surface area (TPSA) is 84.7 Å². The highest BCUT2D eigenvalue weighted by atomic mass is 35.5. The smallest absolute Gasteiger partial charge is 0.252 e. The molecule has 0 aliphatic carbocycles. The van der Waals surface area contributed by atoms with Crippen LogP contribution in [0.3, 0.4) is 0 Å². The summed E-state index contributed by atoms with van der Waals surface area (Å²) in [4.78, 5) is 20.4. The van der Waals surface area contributed by atoms with Crippen molar-refractivity contribution in [1.29, 1.82) is 0 Å². The van der Waals surface area contributed by atoms with Gasteiger partial charge in [0.2, 0.25) is 5.91 Å². The van der Waals surface area contributed by atoms with Crippen molar-refractivity contribution in [3.63, 3.8) is 0 Å². The minimum atomic E-state index is -0.0392. The Morgan fingerprint density at radius 1 is 1.30 bits per heavy atom. The van der Waals surface area contributed by atoms with Gasteiger partial charge in [0.1, 0.15) is 5.82 Å². The van der Waals surface area contributed by atoms with Crippen molar-refractivity contribution in [2.45, 2.75) is 32.6 Å². The molecule has 0 atom stereocenters. The minimum absolute atomic E-state index is 0. The van der Waals surface area contributed by atoms with E-state index in [4.69, 9.17) is 0 Å². The molecule has 126 valence electrons. The highest BCUT2D eigenvalue weighted by molar-refractivity contribution is 5.90. The second-order valence-corrected chi connectivity index (χ2v) is 5.33. The monoisotopic (exact) mass is 338 g/mol. The van der Waals surface area contributed by atoms with Crippen LogP contribution in [-0.4, -0.2) is 39.2 Å². The number of hydrogen-bond acceptors (Lipinski definition) is 5. The van der Waals surface area contributed by atoms with Crippen LogP contribution in [0.4, 0.5) is 5.82 Å². The number of anilines is 1. The number of hydrogen-bond donors (Lipinski definition) is 2. The fraction of sp³-hybridized carbons (Fsp3) is 0.467. The summed E-state index contributed by atoms with van der Waals surface area (Å²) >= 11 is 0. The van der Waals surface area contributed by atoms with Gasteiger partial charge in [-0.25, -0.2) is 9.97 Å². The molecule has 0 aromatic carbocycles. The van der Waals surface area contributed by atoms with Gasteiger partial charge in [-0.1, -0.05) is 13.8 Å². The first-order chi connectivity index (χ1) is 10.6. The summed E-state index contributed by atoms with van der Waals surface area (Å²) < 4.78 is 1.57. The third-order valence-corrected chi connectivity index (χ3v) is 3.16. The Hall–Kier alpha value is -1.99. The van der Waals surface area contributed by atoms with Crippen molar-refractivity contribution >= 4 is 24.1 Å². The van der Waals surface area contributed by atoms with E-state index < -0.39 is 0 Å². The number of halogens is 1. The Morgan fingerprint density at radius 3 is 2.61 bits per heavy atom. The van der Waals surface area contributed by atoms with Crippen LogP contribution in [0.5, 0.6) is 0 Å². The van der Waals surface area contributed by atoms with E-state index in [0.29, 0.717) is 18.2 Å². The van der Waals surface area contributed by atoms with E-state index in [2.05, 4.69) is 39.5 Å². The molecule has 8 heteroatoms. The molecule has 23 heavy (non-hydrogen) atoms. The highest BCUT2D eigenvalue weighted by Crippen LogP contribution is 2.20. The van der Waals surface area contributed by atoms with Crippen LogP contribution in [0.15, 0.2) is 24.5 Å². The van der Waals surface area contributed by atoms with Crippen LogP contribution in [-0.2, 0) is 4.79 Å². The molecule has 2 aromatic rings. The zero-order chi connectivity index (χ0) is 15.9. The van der Waals surface area contributed by atoms with Crippen molar-refractivity contribution < 1.29 is 4.79 Å². The first-order valence-electron chi connectivity index (χ1n) is 7.43. The molecule has 2 aromatic heterocycles. The lowest BCUT2D eigenvalue weighted by atomic mass is 10.1. The molecule has 0 bridgehead atoms. The summed E-state index contributed by atoms with van der Waals surface area (Å²) in [7, 11) is 1.87. The van der Waals surface area contributed by atoms with Gasteiger partial charge in [-0.3, -0.25) is 4.79 Å². The van der Waals surface area contributed by atoms with E-state index in [0.717, 1.165) is 18.7 Å². The average Bonchev–Trinajstić information content (AvgIpc) is 2.92. The van der Waals surface area contributed by atoms with Gasteiger partial charge < -0.3 is 10.6 Å². The molecule has 0 aliphatic rings. The number of carbonyl (C=O) groups excluding carboxylic acids is 1. The first-order valence-corrected chi connectivity index (χ1v) is 7.43. The molecular formula is C15H23ClN6O. The van der Waals surface area contributed by atoms with Gasteiger partial charge in [0.05, 0.1) is 5.69 Å². The molecular weight excluding hydrogens is 316 g/mol. The molecule has 7 nitrogen and oxygen atoms in total. The normalized spacial score (nSPS) is 10.4. The number of nitrogens with zero attached hydrogens (tertiary/aromatic N) is 4. The summed E-state index contributed by atoms with van der Waals surface area (Å²) in [5, 5.41) is 10.4. The van der Waals surface area contributed by atoms with Crippen LogP contribution >= 0.6 is 12.4 Å². The molecule has 0 saturated carbocycles. The lowest BCUT2D eigenvalue weighted by Crippen LogP contribution is -2.17. The number of carbonyl (C=O) groups is 1. The third-order valence-electron chi connectivity index (χ3n) is 3.16. The molecule has 2 rings (SSSR count). The summed E-state index contributed by atoms with van der Waals surface area (Å²) in [5.74, 6) is 1.26. The number of nitrogens with one attached hydrogen (secondary N) is 2. The fourth-order valence-electron chi connectivity index (χ4n) is 1.95. The van der Waals surface area contributed by atoms with Crippen molar-refractivity contribution in [3.8, 4) is 5.95 Å². The maximum atomic E-state index is 12.0. The van der Waals surface area contributed by atoms with Gasteiger partial charge in [-0.2, -0.15) is 9.78 Å². The summed E-state index contributed by atoms with van der Waals surface area (Å²) in [6.07, 6.45) is 4.54. The van der Waals surface area contributed by atoms with E-state index in [9.17, 15) is 4.79 Å². The lowest BCUT2D eigenvalue weighted by molar-refractivity contribution is -0.116. The minimum Gasteiger partial charge on any atom is -0.320 e. The summed E-state index contributed by atoms with van der Waals surface area (Å²) in [5.41, 5.74) is 0.887. The maximum Gasteiger partial charge on any atom is 0.252 e. The number of amides is 1. The van der Waals surface area contributed by atoms with E-state index in [1.165, 1.54) is 0 Å². The fourth-order valence-corrected chi connectivity index (χ4v) is 1.95. The Morgan fingerprint density at radius 2 is 2.00 bits per heavy atom. The van der Waals surface area contributed by atoms with Crippen LogP contribution < -0.4 is 10.6 Å². The van der Waals surface area contributed by atoms with Gasteiger partial charge in [-0.15, -0.1) is 12.4 Å². The Balaban J connectivity index is 0.00000264. The molecule has 1 amide bonds. The third kappa shape index (κ3) is 5.30. The van der Waals surface area contributed by atoms with Crippen molar-refractivity contribution in [2.24, 2.45) is 0 Å². The predicted molar refractivity (Wildman–Crippen MR) is 92.3 cm³/mol. The van der Waals surface area contributed by atoms with E-state index in [1.54, 1.807) is 23.1 Å². The summed E-state index contributed by atoms with van der Waals surface area (Å²) in [6.45, 7) is 4.92. The Labute approximate surface area is 142 Å². The highest BCUT2D eigenvalue weighted by Gasteiger charge is 2.15. The number of rotatable bonds is 7. The first kappa shape index (κ1) is 19.1. The van der Waals surface area contributed by atoms with Gasteiger partial charge in [-0.05, 0) is 32.0 Å². The van der Waals surface area contributed by atoms with Gasteiger partial charge in [0, 0.05) is 24.9 Å². The predicted octanol–water partition coefficient (Wildman–Crippen LogP) is 2.15. The zero-order valence-corrected chi connectivity index (χ0v) is 14.4. The molecule has 0 aliphatic heterocycles. The Kier molecular flexibility index (Phi) is 7.64. The standard InChI is InChI=1S/C15H22N6O.ClH/c1-11(2)12-10-13(19-14(22)6-4-7-16-3)21(20-12)15-17-8-5-9-18-15;/h5,8-11,16H,4,6-7H2,1-3H3,(H,19,22);1H. The van der Waals surface area contributed by atoms with Gasteiger partial charge in [0.15, 0.2) is 0 Å². The second-order valence-electron chi connectivity index (χ2n) is 5.33. The van der Waals surface area contributed by atoms with Crippen LogP contribution in [0.25, 0.3) is 5.95 Å². The Bertz CT molecular complexity index is 614. The van der Waals surface area contributed by atoms with E-state index in [1.807, 2.05) is 13.1 Å². The zero-order valence-electron chi connectivity index (χ0n) is 13.6. The molecule has 0 fully saturated rings. The second kappa shape index (κ2) is 9.22. The van der Waals surface area contributed by atoms with Crippen LogP contribution in [0.1, 0.15) is 38.3 Å². The van der Waals surface area contributed by atoms with Crippen molar-refractivity contribution in [1.82, 2.24) is 25.1 Å². The molecule has 0 unspecified atom stereocenters. The van der Waals surface area contributed by atoms with E-state index >= 15 is 0 Å².